The number of carbonyl (C=O) groups excluding carboxylic acids is 2. The van der Waals surface area contributed by atoms with Gasteiger partial charge in [-0.05, 0) is 54.8 Å². The van der Waals surface area contributed by atoms with E-state index in [2.05, 4.69) is 10.5 Å². The number of hydrogen-bond acceptors (Lipinski definition) is 5. The number of rotatable bonds is 6. The van der Waals surface area contributed by atoms with Gasteiger partial charge in [0.2, 0.25) is 5.91 Å². The Kier molecular flexibility index (Phi) is 6.79. The molecule has 2 N–H and O–H groups in total. The first-order valence-corrected chi connectivity index (χ1v) is 9.57. The lowest BCUT2D eigenvalue weighted by molar-refractivity contribution is -0.126. The Bertz CT molecular complexity index is 930. The molecule has 2 amide bonds. The molecule has 156 valence electrons. The lowest BCUT2D eigenvalue weighted by Crippen LogP contribution is -2.42. The van der Waals surface area contributed by atoms with Gasteiger partial charge in [0.1, 0.15) is 5.75 Å². The number of hydrogen-bond donors (Lipinski definition) is 2. The summed E-state index contributed by atoms with van der Waals surface area (Å²) in [5, 5.41) is 12.8. The summed E-state index contributed by atoms with van der Waals surface area (Å²) in [6.07, 6.45) is 2.60. The molecule has 1 aliphatic heterocycles. The van der Waals surface area contributed by atoms with Crippen LogP contribution in [0.4, 0.5) is 0 Å². The second-order valence-electron chi connectivity index (χ2n) is 6.96. The highest BCUT2D eigenvalue weighted by atomic mass is 16.5. The summed E-state index contributed by atoms with van der Waals surface area (Å²) >= 11 is 0. The molecule has 1 heterocycles. The molecular formula is C22H23N3O5. The fourth-order valence-electron chi connectivity index (χ4n) is 3.23. The number of nitrogens with one attached hydrogen (secondary N) is 1. The topological polar surface area (TPSA) is 108 Å². The lowest BCUT2D eigenvalue weighted by atomic mass is 9.95. The van der Waals surface area contributed by atoms with Gasteiger partial charge in [0.25, 0.3) is 5.91 Å². The number of amides is 2. The standard InChI is InChI=1S/C22H23N3O5/c1-30-19-8-6-17(7-9-19)21(27)25-12-10-16(11-13-25)20(26)24-23-14-15-2-4-18(5-3-15)22(28)29/h2-9,14,16H,10-13H2,1H3,(H,24,26)(H,28,29)/b23-14+. The number of nitrogens with zero attached hydrogens (tertiary/aromatic N) is 2. The van der Waals surface area contributed by atoms with Crippen LogP contribution in [0.5, 0.6) is 5.75 Å². The third-order valence-corrected chi connectivity index (χ3v) is 5.04. The number of methoxy groups -OCH3 is 1. The normalized spacial score (nSPS) is 14.5. The van der Waals surface area contributed by atoms with E-state index in [4.69, 9.17) is 9.84 Å². The fourth-order valence-corrected chi connectivity index (χ4v) is 3.23. The van der Waals surface area contributed by atoms with Gasteiger partial charge in [-0.1, -0.05) is 12.1 Å². The molecular weight excluding hydrogens is 386 g/mol. The number of benzene rings is 2. The Balaban J connectivity index is 1.47. The molecule has 0 bridgehead atoms. The van der Waals surface area contributed by atoms with E-state index < -0.39 is 5.97 Å². The average molecular weight is 409 g/mol. The predicted octanol–water partition coefficient (Wildman–Crippen LogP) is 2.40. The zero-order valence-electron chi connectivity index (χ0n) is 16.6. The Hall–Kier alpha value is -3.68. The van der Waals surface area contributed by atoms with Crippen molar-refractivity contribution in [3.63, 3.8) is 0 Å². The Morgan fingerprint density at radius 1 is 1.03 bits per heavy atom. The van der Waals surface area contributed by atoms with Gasteiger partial charge in [0, 0.05) is 24.6 Å². The van der Waals surface area contributed by atoms with E-state index in [-0.39, 0.29) is 23.3 Å². The van der Waals surface area contributed by atoms with Gasteiger partial charge in [-0.2, -0.15) is 5.10 Å². The van der Waals surface area contributed by atoms with Crippen molar-refractivity contribution < 1.29 is 24.2 Å². The van der Waals surface area contributed by atoms with Crippen LogP contribution in [0, 0.1) is 5.92 Å². The zero-order chi connectivity index (χ0) is 21.5. The molecule has 0 radical (unpaired) electrons. The molecule has 3 rings (SSSR count). The molecule has 0 spiro atoms. The first kappa shape index (κ1) is 21.0. The molecule has 2 aromatic rings. The number of carboxylic acid groups (broad SMARTS) is 1. The van der Waals surface area contributed by atoms with Crippen molar-refractivity contribution >= 4 is 24.0 Å². The molecule has 0 aliphatic carbocycles. The molecule has 2 aromatic carbocycles. The number of carboxylic acids is 1. The first-order valence-electron chi connectivity index (χ1n) is 9.57. The molecule has 8 nitrogen and oxygen atoms in total. The Labute approximate surface area is 174 Å². The molecule has 30 heavy (non-hydrogen) atoms. The highest BCUT2D eigenvalue weighted by molar-refractivity contribution is 5.94. The van der Waals surface area contributed by atoms with Gasteiger partial charge in [-0.15, -0.1) is 0 Å². The quantitative estimate of drug-likeness (QED) is 0.563. The van der Waals surface area contributed by atoms with E-state index in [0.717, 1.165) is 0 Å². The van der Waals surface area contributed by atoms with Crippen LogP contribution in [0.25, 0.3) is 0 Å². The number of carbonyl (C=O) groups is 3. The minimum atomic E-state index is -0.997. The van der Waals surface area contributed by atoms with Gasteiger partial charge in [-0.25, -0.2) is 10.2 Å². The fraction of sp³-hybridized carbons (Fsp3) is 0.273. The van der Waals surface area contributed by atoms with Crippen molar-refractivity contribution in [3.8, 4) is 5.75 Å². The summed E-state index contributed by atoms with van der Waals surface area (Å²) in [6, 6.07) is 13.1. The summed E-state index contributed by atoms with van der Waals surface area (Å²) in [6.45, 7) is 1.01. The van der Waals surface area contributed by atoms with Crippen LogP contribution in [-0.4, -0.2) is 54.2 Å². The summed E-state index contributed by atoms with van der Waals surface area (Å²) in [7, 11) is 1.58. The Morgan fingerprint density at radius 2 is 1.63 bits per heavy atom. The highest BCUT2D eigenvalue weighted by Gasteiger charge is 2.27. The molecule has 0 atom stereocenters. The van der Waals surface area contributed by atoms with Crippen molar-refractivity contribution in [2.45, 2.75) is 12.8 Å². The summed E-state index contributed by atoms with van der Waals surface area (Å²) in [5.74, 6) is -0.760. The van der Waals surface area contributed by atoms with Crippen molar-refractivity contribution in [2.75, 3.05) is 20.2 Å². The monoisotopic (exact) mass is 409 g/mol. The van der Waals surface area contributed by atoms with Crippen LogP contribution in [0.15, 0.2) is 53.6 Å². The van der Waals surface area contributed by atoms with Crippen molar-refractivity contribution in [1.82, 2.24) is 10.3 Å². The van der Waals surface area contributed by atoms with Crippen molar-refractivity contribution in [3.05, 3.63) is 65.2 Å². The Morgan fingerprint density at radius 3 is 2.20 bits per heavy atom. The third-order valence-electron chi connectivity index (χ3n) is 5.04. The molecule has 0 saturated carbocycles. The van der Waals surface area contributed by atoms with Gasteiger partial charge in [0.05, 0.1) is 18.9 Å². The zero-order valence-corrected chi connectivity index (χ0v) is 16.6. The first-order chi connectivity index (χ1) is 14.5. The second-order valence-corrected chi connectivity index (χ2v) is 6.96. The van der Waals surface area contributed by atoms with E-state index in [9.17, 15) is 14.4 Å². The van der Waals surface area contributed by atoms with Crippen LogP contribution in [0.1, 0.15) is 39.1 Å². The summed E-state index contributed by atoms with van der Waals surface area (Å²) in [4.78, 5) is 37.5. The molecule has 0 aromatic heterocycles. The molecule has 8 heteroatoms. The van der Waals surface area contributed by atoms with Gasteiger partial charge >= 0.3 is 5.97 Å². The van der Waals surface area contributed by atoms with Crippen LogP contribution in [-0.2, 0) is 4.79 Å². The van der Waals surface area contributed by atoms with E-state index >= 15 is 0 Å². The van der Waals surface area contributed by atoms with Crippen molar-refractivity contribution in [1.29, 1.82) is 0 Å². The maximum Gasteiger partial charge on any atom is 0.335 e. The lowest BCUT2D eigenvalue weighted by Gasteiger charge is -2.31. The molecule has 1 aliphatic rings. The van der Waals surface area contributed by atoms with Crippen molar-refractivity contribution in [2.24, 2.45) is 11.0 Å². The summed E-state index contributed by atoms with van der Waals surface area (Å²) < 4.78 is 5.11. The highest BCUT2D eigenvalue weighted by Crippen LogP contribution is 2.20. The largest absolute Gasteiger partial charge is 0.497 e. The number of likely N-dealkylation sites (tertiary alicyclic amines) is 1. The maximum absolute atomic E-state index is 12.6. The number of ether oxygens (including phenoxy) is 1. The molecule has 1 saturated heterocycles. The van der Waals surface area contributed by atoms with E-state index in [1.165, 1.54) is 18.3 Å². The molecule has 1 fully saturated rings. The minimum Gasteiger partial charge on any atom is -0.497 e. The molecule has 0 unspecified atom stereocenters. The van der Waals surface area contributed by atoms with Gasteiger partial charge in [0.15, 0.2) is 0 Å². The smallest absolute Gasteiger partial charge is 0.335 e. The van der Waals surface area contributed by atoms with Crippen LogP contribution < -0.4 is 10.2 Å². The minimum absolute atomic E-state index is 0.0562. The van der Waals surface area contributed by atoms with Crippen LogP contribution >= 0.6 is 0 Å². The maximum atomic E-state index is 12.6. The van der Waals surface area contributed by atoms with Crippen LogP contribution in [0.3, 0.4) is 0 Å². The SMILES string of the molecule is COc1ccc(C(=O)N2CCC(C(=O)N/N=C/c3ccc(C(=O)O)cc3)CC2)cc1. The van der Waals surface area contributed by atoms with Crippen LogP contribution in [0.2, 0.25) is 0 Å². The van der Waals surface area contributed by atoms with E-state index in [1.54, 1.807) is 48.4 Å². The van der Waals surface area contributed by atoms with E-state index in [0.29, 0.717) is 42.8 Å². The average Bonchev–Trinajstić information content (AvgIpc) is 2.79. The third kappa shape index (κ3) is 5.22. The van der Waals surface area contributed by atoms with E-state index in [1.807, 2.05) is 0 Å². The van der Waals surface area contributed by atoms with Gasteiger partial charge in [-0.3, -0.25) is 9.59 Å². The number of aromatic carboxylic acids is 1. The number of hydrazone groups is 1. The number of piperidine rings is 1. The predicted molar refractivity (Wildman–Crippen MR) is 111 cm³/mol. The summed E-state index contributed by atoms with van der Waals surface area (Å²) in [5.41, 5.74) is 3.99. The van der Waals surface area contributed by atoms with Gasteiger partial charge < -0.3 is 14.7 Å². The second kappa shape index (κ2) is 9.69.